The number of carboxylic acids is 1. The van der Waals surface area contributed by atoms with E-state index in [0.29, 0.717) is 11.3 Å². The van der Waals surface area contributed by atoms with Crippen LogP contribution >= 0.6 is 0 Å². The van der Waals surface area contributed by atoms with Crippen molar-refractivity contribution >= 4 is 17.8 Å². The average molecular weight is 277 g/mol. The van der Waals surface area contributed by atoms with Crippen LogP contribution in [0.15, 0.2) is 18.2 Å². The number of carboxylic acid groups (broad SMARTS) is 1. The van der Waals surface area contributed by atoms with Gasteiger partial charge in [-0.1, -0.05) is 0 Å². The molecule has 106 valence electrons. The molecule has 2 amide bonds. The minimum atomic E-state index is -0.984. The van der Waals surface area contributed by atoms with E-state index in [2.05, 4.69) is 0 Å². The molecule has 0 unspecified atom stereocenters. The zero-order chi connectivity index (χ0) is 14.7. The Morgan fingerprint density at radius 2 is 1.95 bits per heavy atom. The number of nitrogens with zero attached hydrogens (tertiary/aromatic N) is 1. The van der Waals surface area contributed by atoms with Crippen LogP contribution in [0, 0.1) is 6.92 Å². The molecule has 20 heavy (non-hydrogen) atoms. The Balaban J connectivity index is 1.91. The maximum absolute atomic E-state index is 11.4. The largest absolute Gasteiger partial charge is 0.492 e. The van der Waals surface area contributed by atoms with Gasteiger partial charge in [0.25, 0.3) is 0 Å². The smallest absolute Gasteiger partial charge is 0.335 e. The van der Waals surface area contributed by atoms with Gasteiger partial charge in [0.2, 0.25) is 11.8 Å². The summed E-state index contributed by atoms with van der Waals surface area (Å²) in [4.78, 5) is 34.8. The van der Waals surface area contributed by atoms with Crippen molar-refractivity contribution in [3.63, 3.8) is 0 Å². The number of hydrogen-bond donors (Lipinski definition) is 1. The zero-order valence-electron chi connectivity index (χ0n) is 11.1. The fourth-order valence-electron chi connectivity index (χ4n) is 2.09. The molecule has 1 aliphatic heterocycles. The van der Waals surface area contributed by atoms with E-state index in [4.69, 9.17) is 9.84 Å². The quantitative estimate of drug-likeness (QED) is 0.818. The molecular formula is C14H15NO5. The topological polar surface area (TPSA) is 83.9 Å². The van der Waals surface area contributed by atoms with Crippen molar-refractivity contribution in [1.29, 1.82) is 0 Å². The highest BCUT2D eigenvalue weighted by molar-refractivity contribution is 6.01. The predicted octanol–water partition coefficient (Wildman–Crippen LogP) is 1.22. The van der Waals surface area contributed by atoms with Gasteiger partial charge in [0.15, 0.2) is 0 Å². The number of carbonyl (C=O) groups is 3. The molecule has 1 aliphatic rings. The molecule has 6 nitrogen and oxygen atoms in total. The third kappa shape index (κ3) is 2.96. The monoisotopic (exact) mass is 277 g/mol. The summed E-state index contributed by atoms with van der Waals surface area (Å²) >= 11 is 0. The molecule has 0 atom stereocenters. The van der Waals surface area contributed by atoms with E-state index in [-0.39, 0.29) is 43.4 Å². The molecule has 1 saturated heterocycles. The Labute approximate surface area is 115 Å². The lowest BCUT2D eigenvalue weighted by Crippen LogP contribution is -2.33. The Kier molecular flexibility index (Phi) is 4.02. The van der Waals surface area contributed by atoms with Crippen LogP contribution < -0.4 is 4.74 Å². The van der Waals surface area contributed by atoms with Gasteiger partial charge in [-0.15, -0.1) is 0 Å². The number of ether oxygens (including phenoxy) is 1. The van der Waals surface area contributed by atoms with Gasteiger partial charge in [-0.25, -0.2) is 4.79 Å². The van der Waals surface area contributed by atoms with Gasteiger partial charge in [-0.2, -0.15) is 0 Å². The number of rotatable bonds is 5. The van der Waals surface area contributed by atoms with Crippen LogP contribution in [-0.2, 0) is 9.59 Å². The number of amides is 2. The lowest BCUT2D eigenvalue weighted by atomic mass is 10.1. The third-order valence-corrected chi connectivity index (χ3v) is 3.17. The first-order chi connectivity index (χ1) is 9.49. The second kappa shape index (κ2) is 5.73. The van der Waals surface area contributed by atoms with Crippen LogP contribution in [0.4, 0.5) is 0 Å². The molecule has 1 N–H and O–H groups in total. The average Bonchev–Trinajstić information content (AvgIpc) is 2.70. The molecule has 2 rings (SSSR count). The van der Waals surface area contributed by atoms with Gasteiger partial charge in [-0.3, -0.25) is 14.5 Å². The number of carbonyl (C=O) groups excluding carboxylic acids is 2. The first kappa shape index (κ1) is 14.0. The molecule has 0 aliphatic carbocycles. The summed E-state index contributed by atoms with van der Waals surface area (Å²) < 4.78 is 5.44. The molecule has 0 spiro atoms. The van der Waals surface area contributed by atoms with Crippen molar-refractivity contribution < 1.29 is 24.2 Å². The lowest BCUT2D eigenvalue weighted by Gasteiger charge is -2.14. The SMILES string of the molecule is Cc1cc(OCCN2C(=O)CCC2=O)ccc1C(=O)O. The van der Waals surface area contributed by atoms with Gasteiger partial charge in [0.1, 0.15) is 12.4 Å². The fraction of sp³-hybridized carbons (Fsp3) is 0.357. The van der Waals surface area contributed by atoms with E-state index in [1.54, 1.807) is 19.1 Å². The van der Waals surface area contributed by atoms with Crippen molar-refractivity contribution in [3.8, 4) is 5.75 Å². The maximum atomic E-state index is 11.4. The van der Waals surface area contributed by atoms with Crippen molar-refractivity contribution in [2.45, 2.75) is 19.8 Å². The van der Waals surface area contributed by atoms with Crippen molar-refractivity contribution in [2.75, 3.05) is 13.2 Å². The van der Waals surface area contributed by atoms with E-state index in [0.717, 1.165) is 0 Å². The lowest BCUT2D eigenvalue weighted by molar-refractivity contribution is -0.138. The highest BCUT2D eigenvalue weighted by Gasteiger charge is 2.28. The molecule has 0 saturated carbocycles. The number of hydrogen-bond acceptors (Lipinski definition) is 4. The number of aromatic carboxylic acids is 1. The van der Waals surface area contributed by atoms with E-state index in [1.807, 2.05) is 0 Å². The molecule has 6 heteroatoms. The van der Waals surface area contributed by atoms with Crippen LogP contribution in [0.1, 0.15) is 28.8 Å². The van der Waals surface area contributed by atoms with E-state index >= 15 is 0 Å². The van der Waals surface area contributed by atoms with Crippen molar-refractivity contribution in [3.05, 3.63) is 29.3 Å². The van der Waals surface area contributed by atoms with Crippen molar-refractivity contribution in [1.82, 2.24) is 4.90 Å². The van der Waals surface area contributed by atoms with E-state index in [1.165, 1.54) is 11.0 Å². The molecule has 0 aromatic heterocycles. The van der Waals surface area contributed by atoms with E-state index in [9.17, 15) is 14.4 Å². The number of imide groups is 1. The summed E-state index contributed by atoms with van der Waals surface area (Å²) in [5.41, 5.74) is 0.825. The Bertz CT molecular complexity index is 551. The van der Waals surface area contributed by atoms with Crippen LogP contribution in [0.2, 0.25) is 0 Å². The Hall–Kier alpha value is -2.37. The second-order valence-electron chi connectivity index (χ2n) is 4.57. The first-order valence-corrected chi connectivity index (χ1v) is 6.29. The summed E-state index contributed by atoms with van der Waals surface area (Å²) in [7, 11) is 0. The van der Waals surface area contributed by atoms with Gasteiger partial charge in [0.05, 0.1) is 12.1 Å². The molecule has 1 fully saturated rings. The minimum Gasteiger partial charge on any atom is -0.492 e. The highest BCUT2D eigenvalue weighted by atomic mass is 16.5. The zero-order valence-corrected chi connectivity index (χ0v) is 11.1. The maximum Gasteiger partial charge on any atom is 0.335 e. The van der Waals surface area contributed by atoms with E-state index < -0.39 is 5.97 Å². The van der Waals surface area contributed by atoms with Gasteiger partial charge in [0, 0.05) is 12.8 Å². The fourth-order valence-corrected chi connectivity index (χ4v) is 2.09. The summed E-state index contributed by atoms with van der Waals surface area (Å²) in [6.45, 7) is 2.10. The summed E-state index contributed by atoms with van der Waals surface area (Å²) in [6, 6.07) is 4.65. The van der Waals surface area contributed by atoms with Crippen LogP contribution in [0.25, 0.3) is 0 Å². The molecule has 0 bridgehead atoms. The van der Waals surface area contributed by atoms with Crippen LogP contribution in [0.3, 0.4) is 0 Å². The molecule has 1 aromatic rings. The molecule has 1 aromatic carbocycles. The van der Waals surface area contributed by atoms with Crippen LogP contribution in [0.5, 0.6) is 5.75 Å². The van der Waals surface area contributed by atoms with Crippen molar-refractivity contribution in [2.24, 2.45) is 0 Å². The van der Waals surface area contributed by atoms with Gasteiger partial charge < -0.3 is 9.84 Å². The van der Waals surface area contributed by atoms with Crippen LogP contribution in [-0.4, -0.2) is 40.9 Å². The molecular weight excluding hydrogens is 262 g/mol. The molecule has 1 heterocycles. The minimum absolute atomic E-state index is 0.170. The highest BCUT2D eigenvalue weighted by Crippen LogP contribution is 2.18. The Morgan fingerprint density at radius 3 is 2.50 bits per heavy atom. The number of benzene rings is 1. The third-order valence-electron chi connectivity index (χ3n) is 3.17. The predicted molar refractivity (Wildman–Crippen MR) is 69.6 cm³/mol. The summed E-state index contributed by atoms with van der Waals surface area (Å²) in [6.07, 6.45) is 0.538. The summed E-state index contributed by atoms with van der Waals surface area (Å²) in [5.74, 6) is -0.805. The number of aryl methyl sites for hydroxylation is 1. The number of likely N-dealkylation sites (tertiary alicyclic amines) is 1. The van der Waals surface area contributed by atoms with Gasteiger partial charge in [-0.05, 0) is 30.7 Å². The Morgan fingerprint density at radius 1 is 1.30 bits per heavy atom. The molecule has 0 radical (unpaired) electrons. The first-order valence-electron chi connectivity index (χ1n) is 6.29. The standard InChI is InChI=1S/C14H15NO5/c1-9-8-10(2-3-11(9)14(18)19)20-7-6-15-12(16)4-5-13(15)17/h2-3,8H,4-7H2,1H3,(H,18,19). The van der Waals surface area contributed by atoms with Gasteiger partial charge >= 0.3 is 5.97 Å². The normalized spacial score (nSPS) is 14.8. The summed E-state index contributed by atoms with van der Waals surface area (Å²) in [5, 5.41) is 8.91. The second-order valence-corrected chi connectivity index (χ2v) is 4.57.